The summed E-state index contributed by atoms with van der Waals surface area (Å²) < 4.78 is 5.66. The van der Waals surface area contributed by atoms with Gasteiger partial charge in [-0.3, -0.25) is 4.79 Å². The normalized spacial score (nSPS) is 11.7. The van der Waals surface area contributed by atoms with Gasteiger partial charge in [-0.25, -0.2) is 4.99 Å². The van der Waals surface area contributed by atoms with Gasteiger partial charge in [0.2, 0.25) is 5.90 Å². The third-order valence-corrected chi connectivity index (χ3v) is 5.14. The van der Waals surface area contributed by atoms with Crippen LogP contribution < -0.4 is 16.0 Å². The molecule has 1 heterocycles. The molecule has 0 unspecified atom stereocenters. The second-order valence-electron chi connectivity index (χ2n) is 7.66. The Hall–Kier alpha value is -3.33. The van der Waals surface area contributed by atoms with E-state index >= 15 is 0 Å². The van der Waals surface area contributed by atoms with E-state index in [1.807, 2.05) is 38.2 Å². The number of fused-ring (bicyclic) bond motifs is 1. The Labute approximate surface area is 197 Å². The number of para-hydroxylation sites is 1. The van der Waals surface area contributed by atoms with Crippen molar-refractivity contribution in [3.8, 4) is 5.75 Å². The summed E-state index contributed by atoms with van der Waals surface area (Å²) in [5.41, 5.74) is 3.76. The fourth-order valence-corrected chi connectivity index (χ4v) is 3.63. The minimum atomic E-state index is -0.883. The van der Waals surface area contributed by atoms with Crippen LogP contribution in [0.15, 0.2) is 54.2 Å². The Bertz CT molecular complexity index is 1190. The molecule has 0 aliphatic rings. The number of nitrogens with zero attached hydrogens (tertiary/aromatic N) is 1. The first-order valence-corrected chi connectivity index (χ1v) is 10.8. The molecule has 0 saturated heterocycles. The molecular formula is C24H27ClN4O4. The quantitative estimate of drug-likeness (QED) is 0.153. The monoisotopic (exact) mass is 470 g/mol. The summed E-state index contributed by atoms with van der Waals surface area (Å²) in [6.45, 7) is 8.41. The van der Waals surface area contributed by atoms with E-state index in [9.17, 15) is 4.79 Å². The standard InChI is InChI=1S/C24H27ClN4O4/c1-14(2)32-21-8-7-16(11-20(21)25)24(33-26)29-15(3)18-5-4-6-19-17(12-28-23(18)19)9-10-27-13-22(30)31/h4-8,11-12,14,27-28H,3,9-10,13,26H2,1-2H3,(H,30,31). The zero-order valence-electron chi connectivity index (χ0n) is 18.5. The van der Waals surface area contributed by atoms with Gasteiger partial charge in [0.15, 0.2) is 0 Å². The van der Waals surface area contributed by atoms with E-state index in [1.165, 1.54) is 0 Å². The zero-order chi connectivity index (χ0) is 24.0. The molecule has 5 N–H and O–H groups in total. The summed E-state index contributed by atoms with van der Waals surface area (Å²) in [5, 5.41) is 13.1. The number of aliphatic carboxylic acids is 1. The molecule has 3 aromatic rings. The minimum Gasteiger partial charge on any atom is -0.489 e. The molecule has 0 saturated carbocycles. The van der Waals surface area contributed by atoms with Crippen LogP contribution in [0.4, 0.5) is 0 Å². The number of aromatic amines is 1. The van der Waals surface area contributed by atoms with Gasteiger partial charge in [-0.1, -0.05) is 36.4 Å². The highest BCUT2D eigenvalue weighted by atomic mass is 35.5. The molecule has 0 radical (unpaired) electrons. The second kappa shape index (κ2) is 11.0. The molecule has 0 aliphatic carbocycles. The number of benzene rings is 2. The largest absolute Gasteiger partial charge is 0.489 e. The molecule has 3 rings (SSSR count). The zero-order valence-corrected chi connectivity index (χ0v) is 19.3. The Morgan fingerprint density at radius 1 is 1.33 bits per heavy atom. The minimum absolute atomic E-state index is 0.00819. The third kappa shape index (κ3) is 6.13. The maximum atomic E-state index is 10.7. The number of aromatic nitrogens is 1. The molecule has 33 heavy (non-hydrogen) atoms. The van der Waals surface area contributed by atoms with Crippen LogP contribution in [0.2, 0.25) is 5.02 Å². The topological polar surface area (TPSA) is 122 Å². The predicted octanol–water partition coefficient (Wildman–Crippen LogP) is 4.13. The summed E-state index contributed by atoms with van der Waals surface area (Å²) in [4.78, 5) is 23.5. The van der Waals surface area contributed by atoms with E-state index in [0.29, 0.717) is 35.0 Å². The first-order valence-electron chi connectivity index (χ1n) is 10.4. The second-order valence-corrected chi connectivity index (χ2v) is 8.06. The lowest BCUT2D eigenvalue weighted by Crippen LogP contribution is -2.24. The number of hydrogen-bond donors (Lipinski definition) is 4. The number of carboxylic acids is 1. The Morgan fingerprint density at radius 3 is 2.79 bits per heavy atom. The summed E-state index contributed by atoms with van der Waals surface area (Å²) in [5.74, 6) is 5.35. The van der Waals surface area contributed by atoms with Crippen LogP contribution in [0.1, 0.15) is 30.5 Å². The van der Waals surface area contributed by atoms with E-state index in [1.54, 1.807) is 18.2 Å². The molecule has 8 nitrogen and oxygen atoms in total. The van der Waals surface area contributed by atoms with Crippen molar-refractivity contribution in [2.45, 2.75) is 26.4 Å². The lowest BCUT2D eigenvalue weighted by molar-refractivity contribution is -0.135. The van der Waals surface area contributed by atoms with Crippen molar-refractivity contribution < 1.29 is 19.5 Å². The van der Waals surface area contributed by atoms with Crippen LogP contribution in [0.5, 0.6) is 5.75 Å². The molecule has 0 spiro atoms. The van der Waals surface area contributed by atoms with Gasteiger partial charge in [0.1, 0.15) is 5.75 Å². The number of H-pyrrole nitrogens is 1. The van der Waals surface area contributed by atoms with Crippen molar-refractivity contribution in [3.05, 3.63) is 70.9 Å². The Kier molecular flexibility index (Phi) is 8.11. The van der Waals surface area contributed by atoms with Crippen LogP contribution in [-0.2, 0) is 16.1 Å². The summed E-state index contributed by atoms with van der Waals surface area (Å²) >= 11 is 6.34. The summed E-state index contributed by atoms with van der Waals surface area (Å²) in [6, 6.07) is 11.0. The van der Waals surface area contributed by atoms with Gasteiger partial charge in [-0.05, 0) is 50.6 Å². The van der Waals surface area contributed by atoms with Gasteiger partial charge < -0.3 is 25.0 Å². The molecule has 1 aromatic heterocycles. The fraction of sp³-hybridized carbons (Fsp3) is 0.250. The van der Waals surface area contributed by atoms with Crippen molar-refractivity contribution in [1.29, 1.82) is 0 Å². The van der Waals surface area contributed by atoms with Gasteiger partial charge in [0, 0.05) is 22.7 Å². The van der Waals surface area contributed by atoms with Gasteiger partial charge in [-0.15, -0.1) is 0 Å². The fourth-order valence-electron chi connectivity index (χ4n) is 3.40. The van der Waals surface area contributed by atoms with Gasteiger partial charge in [0.05, 0.1) is 28.9 Å². The SMILES string of the molecule is C=C(N=C(ON)c1ccc(OC(C)C)c(Cl)c1)c1cccc2c(CCNCC(=O)O)c[nH]c12. The Balaban J connectivity index is 1.84. The third-order valence-electron chi connectivity index (χ3n) is 4.85. The molecule has 0 fully saturated rings. The summed E-state index contributed by atoms with van der Waals surface area (Å²) in [6.07, 6.45) is 2.57. The van der Waals surface area contributed by atoms with Gasteiger partial charge in [-0.2, -0.15) is 5.90 Å². The molecule has 9 heteroatoms. The Morgan fingerprint density at radius 2 is 2.12 bits per heavy atom. The lowest BCUT2D eigenvalue weighted by atomic mass is 10.1. The van der Waals surface area contributed by atoms with E-state index < -0.39 is 5.97 Å². The number of rotatable bonds is 10. The number of carbonyl (C=O) groups is 1. The van der Waals surface area contributed by atoms with E-state index in [4.69, 9.17) is 32.2 Å². The number of nitrogens with two attached hydrogens (primary N) is 1. The van der Waals surface area contributed by atoms with Gasteiger partial charge in [0.25, 0.3) is 0 Å². The van der Waals surface area contributed by atoms with E-state index in [2.05, 4.69) is 21.9 Å². The van der Waals surface area contributed by atoms with Gasteiger partial charge >= 0.3 is 5.97 Å². The average molecular weight is 471 g/mol. The van der Waals surface area contributed by atoms with Crippen LogP contribution in [-0.4, -0.2) is 41.2 Å². The van der Waals surface area contributed by atoms with Crippen molar-refractivity contribution in [3.63, 3.8) is 0 Å². The van der Waals surface area contributed by atoms with Crippen LogP contribution in [0.25, 0.3) is 16.6 Å². The van der Waals surface area contributed by atoms with Crippen molar-refractivity contribution >= 4 is 40.1 Å². The first kappa shape index (κ1) is 24.3. The highest BCUT2D eigenvalue weighted by Crippen LogP contribution is 2.29. The highest BCUT2D eigenvalue weighted by molar-refractivity contribution is 6.32. The molecular weight excluding hydrogens is 444 g/mol. The number of ether oxygens (including phenoxy) is 1. The number of nitrogens with one attached hydrogen (secondary N) is 2. The predicted molar refractivity (Wildman–Crippen MR) is 131 cm³/mol. The summed E-state index contributed by atoms with van der Waals surface area (Å²) in [7, 11) is 0. The molecule has 0 aliphatic heterocycles. The smallest absolute Gasteiger partial charge is 0.317 e. The average Bonchev–Trinajstić information content (AvgIpc) is 3.19. The molecule has 174 valence electrons. The molecule has 0 atom stereocenters. The van der Waals surface area contributed by atoms with E-state index in [0.717, 1.165) is 22.0 Å². The number of carboxylic acid groups (broad SMARTS) is 1. The number of hydrogen-bond acceptors (Lipinski definition) is 6. The van der Waals surface area contributed by atoms with Crippen molar-refractivity contribution in [1.82, 2.24) is 10.3 Å². The van der Waals surface area contributed by atoms with E-state index in [-0.39, 0.29) is 18.5 Å². The van der Waals surface area contributed by atoms with Crippen LogP contribution in [0.3, 0.4) is 0 Å². The number of aliphatic imine (C=N–C) groups is 1. The molecule has 0 amide bonds. The maximum absolute atomic E-state index is 10.7. The molecule has 0 bridgehead atoms. The van der Waals surface area contributed by atoms with Crippen molar-refractivity contribution in [2.24, 2.45) is 10.9 Å². The van der Waals surface area contributed by atoms with Crippen LogP contribution in [0, 0.1) is 0 Å². The van der Waals surface area contributed by atoms with Crippen LogP contribution >= 0.6 is 11.6 Å². The highest BCUT2D eigenvalue weighted by Gasteiger charge is 2.14. The van der Waals surface area contributed by atoms with Crippen molar-refractivity contribution in [2.75, 3.05) is 13.1 Å². The lowest BCUT2D eigenvalue weighted by Gasteiger charge is -2.13. The molecule has 2 aromatic carbocycles. The first-order chi connectivity index (χ1) is 15.8. The maximum Gasteiger partial charge on any atom is 0.317 e. The number of halogens is 1.